The highest BCUT2D eigenvalue weighted by atomic mass is 16.3. The lowest BCUT2D eigenvalue weighted by Crippen LogP contribution is -2.46. The van der Waals surface area contributed by atoms with Gasteiger partial charge in [-0.3, -0.25) is 4.79 Å². The van der Waals surface area contributed by atoms with Crippen LogP contribution in [0, 0.1) is 5.41 Å². The van der Waals surface area contributed by atoms with Crippen LogP contribution >= 0.6 is 0 Å². The molecule has 4 N–H and O–H groups in total. The van der Waals surface area contributed by atoms with E-state index in [1.165, 1.54) is 0 Å². The lowest BCUT2D eigenvalue weighted by Gasteiger charge is -2.40. The number of nitrogen functional groups attached to an aromatic ring is 1. The van der Waals surface area contributed by atoms with Gasteiger partial charge in [0.05, 0.1) is 12.0 Å². The summed E-state index contributed by atoms with van der Waals surface area (Å²) < 4.78 is 0. The quantitative estimate of drug-likeness (QED) is 0.745. The van der Waals surface area contributed by atoms with E-state index in [1.807, 2.05) is 12.1 Å². The molecule has 0 heterocycles. The second-order valence-corrected chi connectivity index (χ2v) is 7.09. The van der Waals surface area contributed by atoms with Crippen LogP contribution in [0.25, 0.3) is 0 Å². The van der Waals surface area contributed by atoms with Crippen LogP contribution in [0.3, 0.4) is 0 Å². The molecule has 0 unspecified atom stereocenters. The number of rotatable bonds is 4. The second kappa shape index (κ2) is 6.06. The molecule has 0 bridgehead atoms. The minimum absolute atomic E-state index is 0.0705. The van der Waals surface area contributed by atoms with Crippen molar-refractivity contribution in [3.63, 3.8) is 0 Å². The maximum Gasteiger partial charge on any atom is 0.224 e. The van der Waals surface area contributed by atoms with Gasteiger partial charge in [0.2, 0.25) is 5.91 Å². The first-order valence-electron chi connectivity index (χ1n) is 7.62. The molecule has 1 aliphatic carbocycles. The first-order valence-corrected chi connectivity index (χ1v) is 7.62. The molecule has 0 atom stereocenters. The summed E-state index contributed by atoms with van der Waals surface area (Å²) in [6, 6.07) is 7.33. The molecule has 1 aliphatic rings. The molecule has 0 saturated heterocycles. The summed E-state index contributed by atoms with van der Waals surface area (Å²) in [7, 11) is 0. The normalized spacial score (nSPS) is 20.0. The van der Waals surface area contributed by atoms with Gasteiger partial charge in [0, 0.05) is 12.2 Å². The van der Waals surface area contributed by atoms with Crippen LogP contribution in [0.15, 0.2) is 24.3 Å². The van der Waals surface area contributed by atoms with Crippen molar-refractivity contribution in [3.8, 4) is 0 Å². The highest BCUT2D eigenvalue weighted by molar-refractivity contribution is 5.78. The average Bonchev–Trinajstić information content (AvgIpc) is 2.41. The summed E-state index contributed by atoms with van der Waals surface area (Å²) in [5.41, 5.74) is 6.81. The molecule has 0 aromatic heterocycles. The number of nitrogens with two attached hydrogens (primary N) is 1. The summed E-state index contributed by atoms with van der Waals surface area (Å²) in [5, 5.41) is 13.4. The van der Waals surface area contributed by atoms with E-state index in [9.17, 15) is 9.90 Å². The molecule has 1 amide bonds. The monoisotopic (exact) mass is 290 g/mol. The third kappa shape index (κ3) is 4.74. The van der Waals surface area contributed by atoms with Crippen molar-refractivity contribution in [2.75, 3.05) is 12.3 Å². The minimum atomic E-state index is -0.749. The third-order valence-electron chi connectivity index (χ3n) is 4.46. The molecule has 1 aromatic rings. The Balaban J connectivity index is 1.81. The largest absolute Gasteiger partial charge is 0.399 e. The van der Waals surface area contributed by atoms with E-state index in [2.05, 4.69) is 19.2 Å². The number of benzene rings is 1. The number of carbonyl (C=O) groups is 1. The number of nitrogens with one attached hydrogen (secondary N) is 1. The maximum absolute atomic E-state index is 12.0. The van der Waals surface area contributed by atoms with Gasteiger partial charge in [-0.05, 0) is 48.8 Å². The molecular formula is C17H26N2O2. The van der Waals surface area contributed by atoms with Gasteiger partial charge in [0.25, 0.3) is 0 Å². The Hall–Kier alpha value is -1.55. The lowest BCUT2D eigenvalue weighted by atomic mass is 9.71. The zero-order valence-electron chi connectivity index (χ0n) is 13.0. The average molecular weight is 290 g/mol. The van der Waals surface area contributed by atoms with Crippen LogP contribution in [0.2, 0.25) is 0 Å². The van der Waals surface area contributed by atoms with Crippen molar-refractivity contribution >= 4 is 11.6 Å². The van der Waals surface area contributed by atoms with E-state index in [4.69, 9.17) is 5.73 Å². The molecular weight excluding hydrogens is 264 g/mol. The molecule has 1 fully saturated rings. The minimum Gasteiger partial charge on any atom is -0.399 e. The van der Waals surface area contributed by atoms with Crippen LogP contribution in [0.5, 0.6) is 0 Å². The van der Waals surface area contributed by atoms with Gasteiger partial charge in [-0.15, -0.1) is 0 Å². The highest BCUT2D eigenvalue weighted by Crippen LogP contribution is 2.39. The van der Waals surface area contributed by atoms with Crippen molar-refractivity contribution in [1.29, 1.82) is 0 Å². The SMILES string of the molecule is CC1(C)CCC(O)(CNC(=O)Cc2cccc(N)c2)CC1. The second-order valence-electron chi connectivity index (χ2n) is 7.09. The van der Waals surface area contributed by atoms with Crippen molar-refractivity contribution in [2.24, 2.45) is 5.41 Å². The molecule has 1 saturated carbocycles. The molecule has 116 valence electrons. The van der Waals surface area contributed by atoms with Crippen molar-refractivity contribution in [1.82, 2.24) is 5.32 Å². The van der Waals surface area contributed by atoms with Gasteiger partial charge in [-0.2, -0.15) is 0 Å². The summed E-state index contributed by atoms with van der Waals surface area (Å²) in [4.78, 5) is 12.0. The van der Waals surface area contributed by atoms with E-state index in [0.29, 0.717) is 24.1 Å². The Morgan fingerprint density at radius 3 is 2.57 bits per heavy atom. The number of hydrogen-bond acceptors (Lipinski definition) is 3. The van der Waals surface area contributed by atoms with E-state index in [1.54, 1.807) is 12.1 Å². The standard InChI is InChI=1S/C17H26N2O2/c1-16(2)6-8-17(21,9-7-16)12-19-15(20)11-13-4-3-5-14(18)10-13/h3-5,10,21H,6-9,11-12,18H2,1-2H3,(H,19,20). The zero-order valence-corrected chi connectivity index (χ0v) is 13.0. The van der Waals surface area contributed by atoms with E-state index in [-0.39, 0.29) is 5.91 Å². The van der Waals surface area contributed by atoms with Crippen LogP contribution in [-0.4, -0.2) is 23.2 Å². The summed E-state index contributed by atoms with van der Waals surface area (Å²) in [6.45, 7) is 4.79. The van der Waals surface area contributed by atoms with E-state index in [0.717, 1.165) is 31.2 Å². The molecule has 21 heavy (non-hydrogen) atoms. The van der Waals surface area contributed by atoms with Crippen molar-refractivity contribution in [2.45, 2.75) is 51.6 Å². The van der Waals surface area contributed by atoms with E-state index >= 15 is 0 Å². The Kier molecular flexibility index (Phi) is 4.57. The molecule has 4 nitrogen and oxygen atoms in total. The molecule has 0 radical (unpaired) electrons. The Labute approximate surface area is 126 Å². The van der Waals surface area contributed by atoms with Gasteiger partial charge in [0.1, 0.15) is 0 Å². The van der Waals surface area contributed by atoms with Crippen LogP contribution in [-0.2, 0) is 11.2 Å². The fourth-order valence-electron chi connectivity index (χ4n) is 2.78. The van der Waals surface area contributed by atoms with Crippen LogP contribution in [0.1, 0.15) is 45.1 Å². The van der Waals surface area contributed by atoms with Gasteiger partial charge in [0.15, 0.2) is 0 Å². The number of carbonyl (C=O) groups excluding carboxylic acids is 1. The van der Waals surface area contributed by atoms with Crippen LogP contribution < -0.4 is 11.1 Å². The van der Waals surface area contributed by atoms with Gasteiger partial charge in [-0.25, -0.2) is 0 Å². The van der Waals surface area contributed by atoms with Gasteiger partial charge in [-0.1, -0.05) is 26.0 Å². The summed E-state index contributed by atoms with van der Waals surface area (Å²) in [5.74, 6) is -0.0705. The first kappa shape index (κ1) is 15.8. The summed E-state index contributed by atoms with van der Waals surface area (Å²) >= 11 is 0. The van der Waals surface area contributed by atoms with Gasteiger partial charge >= 0.3 is 0 Å². The molecule has 1 aromatic carbocycles. The number of aliphatic hydroxyl groups is 1. The van der Waals surface area contributed by atoms with Crippen LogP contribution in [0.4, 0.5) is 5.69 Å². The zero-order chi connectivity index (χ0) is 15.5. The molecule has 0 spiro atoms. The first-order chi connectivity index (χ1) is 9.78. The van der Waals surface area contributed by atoms with E-state index < -0.39 is 5.60 Å². The predicted molar refractivity (Wildman–Crippen MR) is 84.8 cm³/mol. The number of anilines is 1. The fourth-order valence-corrected chi connectivity index (χ4v) is 2.78. The Bertz CT molecular complexity index is 501. The fraction of sp³-hybridized carbons (Fsp3) is 0.588. The van der Waals surface area contributed by atoms with Gasteiger partial charge < -0.3 is 16.2 Å². The van der Waals surface area contributed by atoms with Crippen molar-refractivity contribution in [3.05, 3.63) is 29.8 Å². The lowest BCUT2D eigenvalue weighted by molar-refractivity contribution is -0.122. The smallest absolute Gasteiger partial charge is 0.224 e. The number of hydrogen-bond donors (Lipinski definition) is 3. The Morgan fingerprint density at radius 1 is 1.29 bits per heavy atom. The highest BCUT2D eigenvalue weighted by Gasteiger charge is 2.36. The topological polar surface area (TPSA) is 75.3 Å². The third-order valence-corrected chi connectivity index (χ3v) is 4.46. The molecule has 0 aliphatic heterocycles. The molecule has 4 heteroatoms. The maximum atomic E-state index is 12.0. The predicted octanol–water partition coefficient (Wildman–Crippen LogP) is 2.26. The summed E-state index contributed by atoms with van der Waals surface area (Å²) in [6.07, 6.45) is 3.78. The number of amides is 1. The molecule has 2 rings (SSSR count). The van der Waals surface area contributed by atoms with Crippen molar-refractivity contribution < 1.29 is 9.90 Å². The Morgan fingerprint density at radius 2 is 1.95 bits per heavy atom.